The van der Waals surface area contributed by atoms with Crippen LogP contribution in [0, 0.1) is 0 Å². The number of carbonyl (C=O) groups excluding carboxylic acids is 1. The molecule has 1 spiro atoms. The average Bonchev–Trinajstić information content (AvgIpc) is 2.94. The molecule has 1 amide bonds. The zero-order valence-corrected chi connectivity index (χ0v) is 11.6. The van der Waals surface area contributed by atoms with Crippen molar-refractivity contribution in [3.8, 4) is 0 Å². The van der Waals surface area contributed by atoms with E-state index in [4.69, 9.17) is 9.84 Å². The van der Waals surface area contributed by atoms with Crippen LogP contribution in [0.1, 0.15) is 46.5 Å². The molecule has 0 aromatic carbocycles. The van der Waals surface area contributed by atoms with Crippen LogP contribution in [0.4, 0.5) is 4.79 Å². The number of carboxylic acid groups (broad SMARTS) is 1. The third-order valence-electron chi connectivity index (χ3n) is 3.78. The number of rotatable bonds is 1. The summed E-state index contributed by atoms with van der Waals surface area (Å²) in [7, 11) is 0. The molecule has 2 fully saturated rings. The van der Waals surface area contributed by atoms with Gasteiger partial charge in [0.05, 0.1) is 0 Å². The molecule has 1 unspecified atom stereocenters. The molecule has 2 N–H and O–H groups in total. The Morgan fingerprint density at radius 3 is 2.21 bits per heavy atom. The van der Waals surface area contributed by atoms with Crippen molar-refractivity contribution in [1.82, 2.24) is 4.90 Å². The normalized spacial score (nSPS) is 29.2. The van der Waals surface area contributed by atoms with Gasteiger partial charge in [0.25, 0.3) is 0 Å². The molecule has 1 heterocycles. The van der Waals surface area contributed by atoms with Crippen molar-refractivity contribution < 1.29 is 24.5 Å². The fourth-order valence-corrected chi connectivity index (χ4v) is 2.64. The predicted octanol–water partition coefficient (Wildman–Crippen LogP) is 1.37. The standard InChI is InChI=1S/C13H21NO5/c1-11(2,3)19-10(17)14-7-6-13(18,9(15)16)8-12(14)4-5-12/h18H,4-8H2,1-3H3,(H,15,16). The Bertz CT molecular complexity index is 410. The van der Waals surface area contributed by atoms with E-state index in [1.54, 1.807) is 25.7 Å². The SMILES string of the molecule is CC(C)(C)OC(=O)N1CCC(O)(C(=O)O)CC12CC2. The topological polar surface area (TPSA) is 87.1 Å². The molecule has 19 heavy (non-hydrogen) atoms. The van der Waals surface area contributed by atoms with Crippen molar-refractivity contribution >= 4 is 12.1 Å². The molecular formula is C13H21NO5. The second-order valence-electron chi connectivity index (χ2n) is 6.62. The lowest BCUT2D eigenvalue weighted by Crippen LogP contribution is -2.57. The molecule has 1 saturated carbocycles. The number of nitrogens with zero attached hydrogens (tertiary/aromatic N) is 1. The number of likely N-dealkylation sites (tertiary alicyclic amines) is 1. The first-order chi connectivity index (χ1) is 8.58. The van der Waals surface area contributed by atoms with Gasteiger partial charge in [0.2, 0.25) is 0 Å². The van der Waals surface area contributed by atoms with Crippen LogP contribution in [-0.2, 0) is 9.53 Å². The van der Waals surface area contributed by atoms with E-state index in [0.29, 0.717) is 0 Å². The Labute approximate surface area is 112 Å². The second-order valence-corrected chi connectivity index (χ2v) is 6.62. The average molecular weight is 271 g/mol. The van der Waals surface area contributed by atoms with Gasteiger partial charge in [-0.2, -0.15) is 0 Å². The highest BCUT2D eigenvalue weighted by molar-refractivity contribution is 5.79. The number of ether oxygens (including phenoxy) is 1. The molecule has 1 aliphatic heterocycles. The lowest BCUT2D eigenvalue weighted by Gasteiger charge is -2.42. The quantitative estimate of drug-likeness (QED) is 0.752. The van der Waals surface area contributed by atoms with Gasteiger partial charge in [0.1, 0.15) is 5.60 Å². The zero-order chi connectivity index (χ0) is 14.5. The van der Waals surface area contributed by atoms with Crippen molar-refractivity contribution in [2.24, 2.45) is 0 Å². The van der Waals surface area contributed by atoms with Crippen LogP contribution in [0.2, 0.25) is 0 Å². The van der Waals surface area contributed by atoms with E-state index in [2.05, 4.69) is 0 Å². The maximum Gasteiger partial charge on any atom is 0.410 e. The Morgan fingerprint density at radius 1 is 1.21 bits per heavy atom. The molecule has 0 radical (unpaired) electrons. The first-order valence-electron chi connectivity index (χ1n) is 6.54. The zero-order valence-electron chi connectivity index (χ0n) is 11.6. The Kier molecular flexibility index (Phi) is 3.04. The van der Waals surface area contributed by atoms with E-state index in [1.165, 1.54) is 0 Å². The molecule has 0 aromatic heterocycles. The minimum absolute atomic E-state index is 0.0450. The van der Waals surface area contributed by atoms with Crippen LogP contribution in [0.25, 0.3) is 0 Å². The van der Waals surface area contributed by atoms with Gasteiger partial charge >= 0.3 is 12.1 Å². The van der Waals surface area contributed by atoms with Gasteiger partial charge < -0.3 is 19.8 Å². The summed E-state index contributed by atoms with van der Waals surface area (Å²) in [5, 5.41) is 19.2. The van der Waals surface area contributed by atoms with Crippen LogP contribution in [0.5, 0.6) is 0 Å². The largest absolute Gasteiger partial charge is 0.479 e. The van der Waals surface area contributed by atoms with Gasteiger partial charge in [-0.3, -0.25) is 0 Å². The van der Waals surface area contributed by atoms with E-state index in [9.17, 15) is 14.7 Å². The highest BCUT2D eigenvalue weighted by Crippen LogP contribution is 2.51. The third-order valence-corrected chi connectivity index (χ3v) is 3.78. The summed E-state index contributed by atoms with van der Waals surface area (Å²) in [6.45, 7) is 5.60. The lowest BCUT2D eigenvalue weighted by molar-refractivity contribution is -0.166. The maximum absolute atomic E-state index is 12.1. The molecule has 2 aliphatic rings. The van der Waals surface area contributed by atoms with Gasteiger partial charge in [0, 0.05) is 24.9 Å². The molecule has 0 bridgehead atoms. The Balaban J connectivity index is 2.10. The molecule has 6 heteroatoms. The number of aliphatic hydroxyl groups is 1. The number of hydrogen-bond acceptors (Lipinski definition) is 4. The Morgan fingerprint density at radius 2 is 1.79 bits per heavy atom. The van der Waals surface area contributed by atoms with Crippen molar-refractivity contribution in [3.05, 3.63) is 0 Å². The summed E-state index contributed by atoms with van der Waals surface area (Å²) < 4.78 is 5.34. The van der Waals surface area contributed by atoms with Gasteiger partial charge in [0.15, 0.2) is 5.60 Å². The molecule has 0 aromatic rings. The highest BCUT2D eigenvalue weighted by atomic mass is 16.6. The minimum Gasteiger partial charge on any atom is -0.479 e. The van der Waals surface area contributed by atoms with Crippen LogP contribution in [0.15, 0.2) is 0 Å². The summed E-state index contributed by atoms with van der Waals surface area (Å²) >= 11 is 0. The summed E-state index contributed by atoms with van der Waals surface area (Å²) in [6, 6.07) is 0. The van der Waals surface area contributed by atoms with Gasteiger partial charge in [-0.05, 0) is 33.6 Å². The van der Waals surface area contributed by atoms with Crippen LogP contribution in [-0.4, -0.2) is 50.5 Å². The minimum atomic E-state index is -1.71. The molecular weight excluding hydrogens is 250 g/mol. The van der Waals surface area contributed by atoms with E-state index in [0.717, 1.165) is 12.8 Å². The number of carbonyl (C=O) groups is 2. The number of piperidine rings is 1. The number of carboxylic acids is 1. The van der Waals surface area contributed by atoms with Crippen molar-refractivity contribution in [3.63, 3.8) is 0 Å². The second kappa shape index (κ2) is 4.10. The number of aliphatic carboxylic acids is 1. The first-order valence-corrected chi connectivity index (χ1v) is 6.54. The van der Waals surface area contributed by atoms with Gasteiger partial charge in [-0.15, -0.1) is 0 Å². The fourth-order valence-electron chi connectivity index (χ4n) is 2.64. The monoisotopic (exact) mass is 271 g/mol. The maximum atomic E-state index is 12.1. The van der Waals surface area contributed by atoms with Crippen LogP contribution >= 0.6 is 0 Å². The smallest absolute Gasteiger partial charge is 0.410 e. The number of amides is 1. The van der Waals surface area contributed by atoms with E-state index < -0.39 is 28.8 Å². The third kappa shape index (κ3) is 2.68. The summed E-state index contributed by atoms with van der Waals surface area (Å²) in [5.74, 6) is -1.21. The van der Waals surface area contributed by atoms with Crippen molar-refractivity contribution in [2.75, 3.05) is 6.54 Å². The van der Waals surface area contributed by atoms with E-state index in [-0.39, 0.29) is 19.4 Å². The molecule has 1 atom stereocenters. The van der Waals surface area contributed by atoms with Crippen LogP contribution < -0.4 is 0 Å². The highest BCUT2D eigenvalue weighted by Gasteiger charge is 2.60. The first kappa shape index (κ1) is 14.1. The number of hydrogen-bond donors (Lipinski definition) is 2. The molecule has 2 rings (SSSR count). The van der Waals surface area contributed by atoms with Crippen LogP contribution in [0.3, 0.4) is 0 Å². The molecule has 1 saturated heterocycles. The van der Waals surface area contributed by atoms with Gasteiger partial charge in [-0.1, -0.05) is 0 Å². The van der Waals surface area contributed by atoms with E-state index in [1.807, 2.05) is 0 Å². The molecule has 6 nitrogen and oxygen atoms in total. The van der Waals surface area contributed by atoms with Crippen molar-refractivity contribution in [2.45, 2.75) is 63.2 Å². The lowest BCUT2D eigenvalue weighted by atomic mass is 9.85. The predicted molar refractivity (Wildman–Crippen MR) is 66.7 cm³/mol. The van der Waals surface area contributed by atoms with Gasteiger partial charge in [-0.25, -0.2) is 9.59 Å². The molecule has 108 valence electrons. The molecule has 1 aliphatic carbocycles. The summed E-state index contributed by atoms with van der Waals surface area (Å²) in [5.41, 5.74) is -2.81. The Hall–Kier alpha value is -1.30. The van der Waals surface area contributed by atoms with E-state index >= 15 is 0 Å². The van der Waals surface area contributed by atoms with Crippen molar-refractivity contribution in [1.29, 1.82) is 0 Å². The fraction of sp³-hybridized carbons (Fsp3) is 0.846. The summed E-state index contributed by atoms with van der Waals surface area (Å²) in [4.78, 5) is 24.8. The summed E-state index contributed by atoms with van der Waals surface area (Å²) in [6.07, 6.45) is 1.17.